The fraction of sp³-hybridized carbons (Fsp3) is 0.389. The normalized spacial score (nSPS) is 9.91. The molecule has 2 nitrogen and oxygen atoms in total. The fourth-order valence-corrected chi connectivity index (χ4v) is 1.53. The number of aromatic nitrogens is 1. The number of hydrogen-bond donors (Lipinski definition) is 1. The second-order valence-electron chi connectivity index (χ2n) is 4.58. The lowest BCUT2D eigenvalue weighted by molar-refractivity contribution is -0.137. The van der Waals surface area contributed by atoms with Crippen LogP contribution in [-0.2, 0) is 6.18 Å². The van der Waals surface area contributed by atoms with Gasteiger partial charge in [-0.1, -0.05) is 46.2 Å². The molecule has 128 valence electrons. The van der Waals surface area contributed by atoms with Crippen LogP contribution < -0.4 is 5.32 Å². The van der Waals surface area contributed by atoms with E-state index < -0.39 is 11.7 Å². The van der Waals surface area contributed by atoms with Gasteiger partial charge in [-0.15, -0.1) is 0 Å². The van der Waals surface area contributed by atoms with Crippen LogP contribution in [0.25, 0.3) is 0 Å². The van der Waals surface area contributed by atoms with E-state index >= 15 is 0 Å². The molecule has 5 heteroatoms. The predicted octanol–water partition coefficient (Wildman–Crippen LogP) is 6.59. The third kappa shape index (κ3) is 7.68. The first-order valence-corrected chi connectivity index (χ1v) is 7.74. The molecule has 0 saturated carbocycles. The molecule has 1 aromatic carbocycles. The Hall–Kier alpha value is -2.04. The Morgan fingerprint density at radius 1 is 1.04 bits per heavy atom. The van der Waals surface area contributed by atoms with Crippen molar-refractivity contribution < 1.29 is 13.2 Å². The molecule has 0 spiro atoms. The molecule has 2 aromatic rings. The van der Waals surface area contributed by atoms with Gasteiger partial charge in [-0.3, -0.25) is 0 Å². The van der Waals surface area contributed by atoms with E-state index in [0.29, 0.717) is 11.5 Å². The second kappa shape index (κ2) is 10.6. The fourth-order valence-electron chi connectivity index (χ4n) is 1.53. The number of benzene rings is 1. The molecular formula is C18H25F3N2. The molecule has 2 rings (SSSR count). The van der Waals surface area contributed by atoms with Crippen LogP contribution in [0.5, 0.6) is 0 Å². The van der Waals surface area contributed by atoms with Crippen LogP contribution >= 0.6 is 0 Å². The van der Waals surface area contributed by atoms with Crippen LogP contribution in [0.4, 0.5) is 24.7 Å². The van der Waals surface area contributed by atoms with E-state index in [2.05, 4.69) is 24.1 Å². The minimum absolute atomic E-state index is 0.367. The third-order valence-electron chi connectivity index (χ3n) is 2.46. The monoisotopic (exact) mass is 326 g/mol. The van der Waals surface area contributed by atoms with Gasteiger partial charge in [-0.25, -0.2) is 4.98 Å². The molecule has 0 aliphatic carbocycles. The Morgan fingerprint density at radius 2 is 1.65 bits per heavy atom. The predicted molar refractivity (Wildman–Crippen MR) is 91.0 cm³/mol. The summed E-state index contributed by atoms with van der Waals surface area (Å²) in [5.41, 5.74) is 0.558. The molecular weight excluding hydrogens is 301 g/mol. The highest BCUT2D eigenvalue weighted by molar-refractivity contribution is 5.59. The van der Waals surface area contributed by atoms with Crippen molar-refractivity contribution in [3.63, 3.8) is 0 Å². The Morgan fingerprint density at radius 3 is 2.17 bits per heavy atom. The Balaban J connectivity index is 0.000000868. The van der Waals surface area contributed by atoms with Crippen LogP contribution in [-0.4, -0.2) is 4.98 Å². The standard InChI is InChI=1S/C13H11F3N2.C3H8.C2H6/c1-9-4-3-7-17-12(9)18-11-6-2-5-10(8-11)13(14,15)16;1-3-2;1-2/h2-8H,1H3,(H,17,18);3H2,1-2H3;1-2H3. The molecule has 23 heavy (non-hydrogen) atoms. The van der Waals surface area contributed by atoms with E-state index in [4.69, 9.17) is 0 Å². The smallest absolute Gasteiger partial charge is 0.340 e. The van der Waals surface area contributed by atoms with Gasteiger partial charge in [-0.2, -0.15) is 13.2 Å². The van der Waals surface area contributed by atoms with E-state index in [1.54, 1.807) is 18.3 Å². The lowest BCUT2D eigenvalue weighted by Gasteiger charge is -2.11. The number of pyridine rings is 1. The summed E-state index contributed by atoms with van der Waals surface area (Å²) in [6, 6.07) is 8.65. The second-order valence-corrected chi connectivity index (χ2v) is 4.58. The lowest BCUT2D eigenvalue weighted by Crippen LogP contribution is -2.05. The van der Waals surface area contributed by atoms with E-state index in [-0.39, 0.29) is 0 Å². The molecule has 0 aliphatic heterocycles. The summed E-state index contributed by atoms with van der Waals surface area (Å²) >= 11 is 0. The molecule has 0 saturated heterocycles. The van der Waals surface area contributed by atoms with Crippen molar-refractivity contribution in [3.05, 3.63) is 53.7 Å². The van der Waals surface area contributed by atoms with Crippen LogP contribution in [0.15, 0.2) is 42.6 Å². The first-order chi connectivity index (χ1) is 10.9. The SMILES string of the molecule is CC.CCC.Cc1cccnc1Nc1cccc(C(F)(F)F)c1. The molecule has 1 heterocycles. The summed E-state index contributed by atoms with van der Waals surface area (Å²) in [6.07, 6.45) is -1.50. The average molecular weight is 326 g/mol. The van der Waals surface area contributed by atoms with Crippen LogP contribution in [0.1, 0.15) is 45.2 Å². The van der Waals surface area contributed by atoms with Gasteiger partial charge in [0.25, 0.3) is 0 Å². The number of aryl methyl sites for hydroxylation is 1. The largest absolute Gasteiger partial charge is 0.416 e. The van der Waals surface area contributed by atoms with Crippen LogP contribution in [0.3, 0.4) is 0 Å². The van der Waals surface area contributed by atoms with Crippen molar-refractivity contribution in [1.29, 1.82) is 0 Å². The van der Waals surface area contributed by atoms with Gasteiger partial charge in [0.2, 0.25) is 0 Å². The third-order valence-corrected chi connectivity index (χ3v) is 2.46. The van der Waals surface area contributed by atoms with Gasteiger partial charge in [0, 0.05) is 11.9 Å². The van der Waals surface area contributed by atoms with Crippen LogP contribution in [0.2, 0.25) is 0 Å². The first kappa shape index (κ1) is 21.0. The van der Waals surface area contributed by atoms with Crippen molar-refractivity contribution in [3.8, 4) is 0 Å². The van der Waals surface area contributed by atoms with Gasteiger partial charge < -0.3 is 5.32 Å². The molecule has 0 amide bonds. The summed E-state index contributed by atoms with van der Waals surface area (Å²) in [5, 5.41) is 2.87. The van der Waals surface area contributed by atoms with E-state index in [0.717, 1.165) is 17.7 Å². The Labute approximate surface area is 136 Å². The van der Waals surface area contributed by atoms with E-state index in [9.17, 15) is 13.2 Å². The van der Waals surface area contributed by atoms with Gasteiger partial charge in [0.05, 0.1) is 5.56 Å². The molecule has 0 bridgehead atoms. The number of nitrogens with zero attached hydrogens (tertiary/aromatic N) is 1. The maximum Gasteiger partial charge on any atom is 0.416 e. The van der Waals surface area contributed by atoms with Crippen molar-refractivity contribution in [1.82, 2.24) is 4.98 Å². The zero-order valence-corrected chi connectivity index (χ0v) is 14.3. The van der Waals surface area contributed by atoms with Gasteiger partial charge in [0.15, 0.2) is 0 Å². The first-order valence-electron chi connectivity index (χ1n) is 7.74. The molecule has 0 fully saturated rings. The molecule has 0 atom stereocenters. The van der Waals surface area contributed by atoms with Crippen molar-refractivity contribution >= 4 is 11.5 Å². The molecule has 1 aromatic heterocycles. The molecule has 0 aliphatic rings. The van der Waals surface area contributed by atoms with Crippen molar-refractivity contribution in [2.75, 3.05) is 5.32 Å². The zero-order valence-electron chi connectivity index (χ0n) is 14.3. The number of alkyl halides is 3. The van der Waals surface area contributed by atoms with Gasteiger partial charge in [-0.05, 0) is 36.8 Å². The Kier molecular flexibility index (Phi) is 9.70. The maximum atomic E-state index is 12.5. The van der Waals surface area contributed by atoms with Crippen molar-refractivity contribution in [2.24, 2.45) is 0 Å². The van der Waals surface area contributed by atoms with E-state index in [1.165, 1.54) is 12.5 Å². The number of halogens is 3. The molecule has 0 unspecified atom stereocenters. The number of rotatable bonds is 2. The maximum absolute atomic E-state index is 12.5. The van der Waals surface area contributed by atoms with Gasteiger partial charge >= 0.3 is 6.18 Å². The highest BCUT2D eigenvalue weighted by atomic mass is 19.4. The highest BCUT2D eigenvalue weighted by Crippen LogP contribution is 2.31. The zero-order chi connectivity index (χ0) is 17.9. The Bertz CT molecular complexity index is 566. The minimum Gasteiger partial charge on any atom is -0.340 e. The minimum atomic E-state index is -4.34. The molecule has 0 radical (unpaired) electrons. The lowest BCUT2D eigenvalue weighted by atomic mass is 10.2. The topological polar surface area (TPSA) is 24.9 Å². The quantitative estimate of drug-likeness (QED) is 0.673. The number of hydrogen-bond acceptors (Lipinski definition) is 2. The van der Waals surface area contributed by atoms with Crippen LogP contribution in [0, 0.1) is 6.92 Å². The average Bonchev–Trinajstić information content (AvgIpc) is 2.52. The van der Waals surface area contributed by atoms with Gasteiger partial charge in [0.1, 0.15) is 5.82 Å². The summed E-state index contributed by atoms with van der Waals surface area (Å²) in [5.74, 6) is 0.553. The summed E-state index contributed by atoms with van der Waals surface area (Å²) in [7, 11) is 0. The van der Waals surface area contributed by atoms with Crippen molar-refractivity contribution in [2.45, 2.75) is 47.2 Å². The highest BCUT2D eigenvalue weighted by Gasteiger charge is 2.30. The number of anilines is 2. The number of nitrogens with one attached hydrogen (secondary N) is 1. The van der Waals surface area contributed by atoms with E-state index in [1.807, 2.05) is 26.8 Å². The summed E-state index contributed by atoms with van der Waals surface area (Å²) < 4.78 is 37.6. The summed E-state index contributed by atoms with van der Waals surface area (Å²) in [4.78, 5) is 4.07. The summed E-state index contributed by atoms with van der Waals surface area (Å²) in [6.45, 7) is 10.1. The molecule has 1 N–H and O–H groups in total.